The Hall–Kier alpha value is -3.39. The summed E-state index contributed by atoms with van der Waals surface area (Å²) in [7, 11) is 1.74. The van der Waals surface area contributed by atoms with Crippen LogP contribution in [-0.4, -0.2) is 38.2 Å². The van der Waals surface area contributed by atoms with Gasteiger partial charge in [0, 0.05) is 18.4 Å². The number of carbonyl (C=O) groups is 1. The van der Waals surface area contributed by atoms with Gasteiger partial charge in [-0.2, -0.15) is 0 Å². The molecule has 7 nitrogen and oxygen atoms in total. The Morgan fingerprint density at radius 1 is 1.14 bits per heavy atom. The standard InChI is InChI=1S/C21H19N5O2S/c1-14-8-10-16(11-9-14)26-19-18(20(28)23-13-22-19)24-21(26)29-12-17(27)25(2)15-6-4-3-5-7-15/h3-11,13H,12H2,1-2H3,(H,22,23,28). The lowest BCUT2D eigenvalue weighted by Crippen LogP contribution is -2.27. The summed E-state index contributed by atoms with van der Waals surface area (Å²) in [5, 5.41) is 0.544. The second-order valence-electron chi connectivity index (χ2n) is 6.55. The number of imidazole rings is 1. The molecular weight excluding hydrogens is 386 g/mol. The van der Waals surface area contributed by atoms with Crippen LogP contribution in [0.3, 0.4) is 0 Å². The molecule has 2 aromatic heterocycles. The predicted octanol–water partition coefficient (Wildman–Crippen LogP) is 3.17. The summed E-state index contributed by atoms with van der Waals surface area (Å²) in [6.07, 6.45) is 1.36. The molecule has 2 aromatic carbocycles. The number of aromatic amines is 1. The van der Waals surface area contributed by atoms with E-state index in [1.165, 1.54) is 18.1 Å². The van der Waals surface area contributed by atoms with Crippen LogP contribution in [-0.2, 0) is 4.79 Å². The Morgan fingerprint density at radius 2 is 1.86 bits per heavy atom. The van der Waals surface area contributed by atoms with Gasteiger partial charge in [0.05, 0.1) is 12.1 Å². The minimum Gasteiger partial charge on any atom is -0.315 e. The molecule has 0 aliphatic carbocycles. The molecule has 0 fully saturated rings. The lowest BCUT2D eigenvalue weighted by molar-refractivity contribution is -0.115. The summed E-state index contributed by atoms with van der Waals surface area (Å²) >= 11 is 1.28. The summed E-state index contributed by atoms with van der Waals surface area (Å²) < 4.78 is 1.81. The van der Waals surface area contributed by atoms with Crippen LogP contribution in [0.1, 0.15) is 5.56 Å². The number of para-hydroxylation sites is 1. The van der Waals surface area contributed by atoms with Crippen molar-refractivity contribution in [3.63, 3.8) is 0 Å². The number of anilines is 1. The minimum atomic E-state index is -0.310. The molecule has 0 aliphatic heterocycles. The molecule has 4 aromatic rings. The molecule has 2 heterocycles. The number of benzene rings is 2. The molecule has 0 bridgehead atoms. The number of aryl methyl sites for hydroxylation is 1. The topological polar surface area (TPSA) is 83.9 Å². The van der Waals surface area contributed by atoms with Crippen LogP contribution in [0.2, 0.25) is 0 Å². The van der Waals surface area contributed by atoms with Crippen molar-refractivity contribution in [1.82, 2.24) is 19.5 Å². The van der Waals surface area contributed by atoms with E-state index in [1.54, 1.807) is 11.9 Å². The van der Waals surface area contributed by atoms with Gasteiger partial charge in [-0.3, -0.25) is 14.2 Å². The molecule has 0 saturated heterocycles. The highest BCUT2D eigenvalue weighted by Crippen LogP contribution is 2.26. The number of amides is 1. The molecule has 8 heteroatoms. The average molecular weight is 405 g/mol. The van der Waals surface area contributed by atoms with Gasteiger partial charge in [-0.05, 0) is 31.2 Å². The summed E-state index contributed by atoms with van der Waals surface area (Å²) in [5.41, 5.74) is 3.18. The third-order valence-corrected chi connectivity index (χ3v) is 5.48. The molecule has 0 unspecified atom stereocenters. The molecule has 1 N–H and O–H groups in total. The van der Waals surface area contributed by atoms with Gasteiger partial charge in [0.25, 0.3) is 5.56 Å². The molecule has 4 rings (SSSR count). The van der Waals surface area contributed by atoms with Gasteiger partial charge in [-0.25, -0.2) is 9.97 Å². The van der Waals surface area contributed by atoms with Crippen molar-refractivity contribution in [1.29, 1.82) is 0 Å². The van der Waals surface area contributed by atoms with E-state index >= 15 is 0 Å². The molecule has 0 radical (unpaired) electrons. The van der Waals surface area contributed by atoms with E-state index in [-0.39, 0.29) is 22.7 Å². The zero-order chi connectivity index (χ0) is 20.4. The van der Waals surface area contributed by atoms with Crippen LogP contribution in [0.25, 0.3) is 16.9 Å². The summed E-state index contributed by atoms with van der Waals surface area (Å²) in [6.45, 7) is 2.01. The van der Waals surface area contributed by atoms with Crippen LogP contribution < -0.4 is 10.5 Å². The normalized spacial score (nSPS) is 11.0. The molecular formula is C21H19N5O2S. The van der Waals surface area contributed by atoms with Crippen molar-refractivity contribution in [3.05, 3.63) is 76.8 Å². The zero-order valence-electron chi connectivity index (χ0n) is 16.0. The summed E-state index contributed by atoms with van der Waals surface area (Å²) in [5.74, 6) is 0.115. The molecule has 29 heavy (non-hydrogen) atoms. The van der Waals surface area contributed by atoms with E-state index in [9.17, 15) is 9.59 Å². The maximum atomic E-state index is 12.7. The van der Waals surface area contributed by atoms with Gasteiger partial charge >= 0.3 is 0 Å². The maximum absolute atomic E-state index is 12.7. The van der Waals surface area contributed by atoms with Gasteiger partial charge in [-0.1, -0.05) is 47.7 Å². The van der Waals surface area contributed by atoms with Crippen LogP contribution in [0.15, 0.2) is 70.9 Å². The zero-order valence-corrected chi connectivity index (χ0v) is 16.8. The van der Waals surface area contributed by atoms with Gasteiger partial charge in [0.2, 0.25) is 5.91 Å². The highest BCUT2D eigenvalue weighted by Gasteiger charge is 2.19. The van der Waals surface area contributed by atoms with Gasteiger partial charge in [-0.15, -0.1) is 0 Å². The van der Waals surface area contributed by atoms with Crippen LogP contribution in [0, 0.1) is 6.92 Å². The molecule has 0 aliphatic rings. The van der Waals surface area contributed by atoms with Crippen molar-refractivity contribution in [2.24, 2.45) is 0 Å². The molecule has 146 valence electrons. The largest absolute Gasteiger partial charge is 0.315 e. The third kappa shape index (κ3) is 3.79. The third-order valence-electron chi connectivity index (χ3n) is 4.55. The predicted molar refractivity (Wildman–Crippen MR) is 115 cm³/mol. The quantitative estimate of drug-likeness (QED) is 0.516. The lowest BCUT2D eigenvalue weighted by atomic mass is 10.2. The summed E-state index contributed by atoms with van der Waals surface area (Å²) in [4.78, 5) is 37.8. The lowest BCUT2D eigenvalue weighted by Gasteiger charge is -2.17. The average Bonchev–Trinajstić information content (AvgIpc) is 3.12. The van der Waals surface area contributed by atoms with Gasteiger partial charge in [0.15, 0.2) is 16.3 Å². The number of aromatic nitrogens is 4. The molecule has 0 saturated carbocycles. The van der Waals surface area contributed by atoms with E-state index in [1.807, 2.05) is 66.1 Å². The highest BCUT2D eigenvalue weighted by molar-refractivity contribution is 7.99. The van der Waals surface area contributed by atoms with Gasteiger partial charge in [0.1, 0.15) is 0 Å². The number of carbonyl (C=O) groups excluding carboxylic acids is 1. The Bertz CT molecular complexity index is 1220. The Kier molecular flexibility index (Phi) is 5.18. The molecule has 0 spiro atoms. The number of hydrogen-bond acceptors (Lipinski definition) is 5. The number of thioether (sulfide) groups is 1. The maximum Gasteiger partial charge on any atom is 0.278 e. The minimum absolute atomic E-state index is 0.0643. The Balaban J connectivity index is 1.67. The van der Waals surface area contributed by atoms with Crippen LogP contribution in [0.5, 0.6) is 0 Å². The van der Waals surface area contributed by atoms with E-state index in [0.717, 1.165) is 16.9 Å². The first-order chi connectivity index (χ1) is 14.0. The van der Waals surface area contributed by atoms with Crippen molar-refractivity contribution < 1.29 is 4.79 Å². The van der Waals surface area contributed by atoms with E-state index in [0.29, 0.717) is 10.8 Å². The number of hydrogen-bond donors (Lipinski definition) is 1. The Morgan fingerprint density at radius 3 is 2.59 bits per heavy atom. The van der Waals surface area contributed by atoms with Crippen molar-refractivity contribution in [3.8, 4) is 5.69 Å². The fraction of sp³-hybridized carbons (Fsp3) is 0.143. The first-order valence-electron chi connectivity index (χ1n) is 9.02. The second-order valence-corrected chi connectivity index (χ2v) is 7.49. The SMILES string of the molecule is Cc1ccc(-n2c(SCC(=O)N(C)c3ccccc3)nc3c(=O)[nH]cnc32)cc1. The number of H-pyrrole nitrogens is 1. The first-order valence-corrected chi connectivity index (χ1v) is 10.0. The number of nitrogens with zero attached hydrogens (tertiary/aromatic N) is 4. The smallest absolute Gasteiger partial charge is 0.278 e. The fourth-order valence-electron chi connectivity index (χ4n) is 2.93. The van der Waals surface area contributed by atoms with Crippen LogP contribution >= 0.6 is 11.8 Å². The molecule has 1 amide bonds. The van der Waals surface area contributed by atoms with Crippen molar-refractivity contribution in [2.45, 2.75) is 12.1 Å². The van der Waals surface area contributed by atoms with E-state index < -0.39 is 0 Å². The highest BCUT2D eigenvalue weighted by atomic mass is 32.2. The summed E-state index contributed by atoms with van der Waals surface area (Å²) in [6, 6.07) is 17.3. The molecule has 0 atom stereocenters. The van der Waals surface area contributed by atoms with Crippen molar-refractivity contribution in [2.75, 3.05) is 17.7 Å². The number of rotatable bonds is 5. The van der Waals surface area contributed by atoms with Crippen LogP contribution in [0.4, 0.5) is 5.69 Å². The monoisotopic (exact) mass is 405 g/mol. The van der Waals surface area contributed by atoms with Gasteiger partial charge < -0.3 is 9.88 Å². The second kappa shape index (κ2) is 7.92. The van der Waals surface area contributed by atoms with E-state index in [4.69, 9.17) is 0 Å². The first kappa shape index (κ1) is 18.9. The number of fused-ring (bicyclic) bond motifs is 1. The van der Waals surface area contributed by atoms with E-state index in [2.05, 4.69) is 15.0 Å². The Labute approximate surface area is 171 Å². The number of nitrogens with one attached hydrogen (secondary N) is 1. The van der Waals surface area contributed by atoms with Crippen molar-refractivity contribution >= 4 is 34.5 Å². The fourth-order valence-corrected chi connectivity index (χ4v) is 3.85.